The van der Waals surface area contributed by atoms with Crippen molar-refractivity contribution in [2.45, 2.75) is 25.3 Å². The number of carbonyl (C=O) groups is 1. The molecule has 0 unspecified atom stereocenters. The molecule has 0 saturated heterocycles. The molecule has 6 nitrogen and oxygen atoms in total. The van der Waals surface area contributed by atoms with E-state index in [1.54, 1.807) is 10.9 Å². The molecule has 2 heterocycles. The Kier molecular flexibility index (Phi) is 2.18. The number of hydrogen-bond donors (Lipinski definition) is 2. The molecule has 0 bridgehead atoms. The number of fused-ring (bicyclic) bond motifs is 1. The van der Waals surface area contributed by atoms with Crippen LogP contribution in [0.3, 0.4) is 0 Å². The lowest BCUT2D eigenvalue weighted by atomic mass is 10.2. The smallest absolute Gasteiger partial charge is 0.244 e. The molecule has 1 aliphatic carbocycles. The van der Waals surface area contributed by atoms with Gasteiger partial charge < -0.3 is 11.1 Å². The fourth-order valence-electron chi connectivity index (χ4n) is 1.99. The van der Waals surface area contributed by atoms with E-state index in [1.165, 1.54) is 0 Å². The van der Waals surface area contributed by atoms with Crippen LogP contribution < -0.4 is 11.1 Å². The molecule has 1 amide bonds. The monoisotopic (exact) mass is 245 g/mol. The Morgan fingerprint density at radius 3 is 2.94 bits per heavy atom. The Balaban J connectivity index is 1.93. The highest BCUT2D eigenvalue weighted by molar-refractivity contribution is 6.01. The molecule has 3 N–H and O–H groups in total. The summed E-state index contributed by atoms with van der Waals surface area (Å²) in [5.41, 5.74) is 7.53. The molecule has 0 aliphatic heterocycles. The van der Waals surface area contributed by atoms with Crippen molar-refractivity contribution in [3.63, 3.8) is 0 Å². The van der Waals surface area contributed by atoms with E-state index in [2.05, 4.69) is 15.4 Å². The number of pyridine rings is 1. The van der Waals surface area contributed by atoms with Crippen LogP contribution >= 0.6 is 0 Å². The predicted octanol–water partition coefficient (Wildman–Crippen LogP) is 0.707. The van der Waals surface area contributed by atoms with Crippen molar-refractivity contribution in [2.24, 2.45) is 12.8 Å². The van der Waals surface area contributed by atoms with Crippen LogP contribution in [0.5, 0.6) is 0 Å². The lowest BCUT2D eigenvalue weighted by molar-refractivity contribution is -0.118. The van der Waals surface area contributed by atoms with Gasteiger partial charge in [0.05, 0.1) is 23.1 Å². The van der Waals surface area contributed by atoms with Gasteiger partial charge in [-0.2, -0.15) is 5.10 Å². The van der Waals surface area contributed by atoms with Crippen LogP contribution in [0, 0.1) is 6.92 Å². The van der Waals surface area contributed by atoms with E-state index in [9.17, 15) is 4.79 Å². The number of carbonyl (C=O) groups excluding carboxylic acids is 1. The molecule has 6 heteroatoms. The molecule has 3 rings (SSSR count). The summed E-state index contributed by atoms with van der Waals surface area (Å²) in [6.45, 7) is 1.92. The molecular weight excluding hydrogens is 230 g/mol. The Hall–Kier alpha value is -1.95. The molecule has 2 aromatic heterocycles. The average Bonchev–Trinajstić information content (AvgIpc) is 3.02. The number of nitrogens with one attached hydrogen (secondary N) is 1. The second kappa shape index (κ2) is 3.52. The normalized spacial score (nSPS) is 16.8. The highest BCUT2D eigenvalue weighted by Gasteiger charge is 2.45. The van der Waals surface area contributed by atoms with Gasteiger partial charge in [0, 0.05) is 12.4 Å². The predicted molar refractivity (Wildman–Crippen MR) is 68.0 cm³/mol. The molecule has 2 aromatic rings. The second-order valence-corrected chi connectivity index (χ2v) is 4.91. The third-order valence-electron chi connectivity index (χ3n) is 3.36. The summed E-state index contributed by atoms with van der Waals surface area (Å²) in [6, 6.07) is 1.88. The third-order valence-corrected chi connectivity index (χ3v) is 3.36. The number of rotatable bonds is 2. The van der Waals surface area contributed by atoms with Crippen molar-refractivity contribution in [1.29, 1.82) is 0 Å². The maximum atomic E-state index is 11.8. The van der Waals surface area contributed by atoms with Crippen molar-refractivity contribution in [2.75, 3.05) is 5.32 Å². The number of aryl methyl sites for hydroxylation is 2. The number of nitrogens with two attached hydrogens (primary N) is 1. The summed E-state index contributed by atoms with van der Waals surface area (Å²) in [7, 11) is 1.85. The number of aromatic nitrogens is 3. The fraction of sp³-hybridized carbons (Fsp3) is 0.417. The summed E-state index contributed by atoms with van der Waals surface area (Å²) in [4.78, 5) is 16.1. The van der Waals surface area contributed by atoms with E-state index < -0.39 is 5.54 Å². The summed E-state index contributed by atoms with van der Waals surface area (Å²) >= 11 is 0. The molecule has 1 aliphatic rings. The third kappa shape index (κ3) is 1.65. The van der Waals surface area contributed by atoms with Crippen molar-refractivity contribution < 1.29 is 4.79 Å². The van der Waals surface area contributed by atoms with Crippen molar-refractivity contribution in [3.05, 3.63) is 18.0 Å². The van der Waals surface area contributed by atoms with E-state index in [4.69, 9.17) is 5.73 Å². The highest BCUT2D eigenvalue weighted by Crippen LogP contribution is 2.33. The Labute approximate surface area is 104 Å². The van der Waals surface area contributed by atoms with Crippen molar-refractivity contribution >= 4 is 22.6 Å². The van der Waals surface area contributed by atoms with Gasteiger partial charge in [0.25, 0.3) is 0 Å². The minimum Gasteiger partial charge on any atom is -0.323 e. The maximum Gasteiger partial charge on any atom is 0.244 e. The van der Waals surface area contributed by atoms with Crippen LogP contribution in [0.1, 0.15) is 18.5 Å². The van der Waals surface area contributed by atoms with Gasteiger partial charge in [-0.15, -0.1) is 0 Å². The first kappa shape index (κ1) is 11.2. The van der Waals surface area contributed by atoms with Crippen LogP contribution in [0.2, 0.25) is 0 Å². The van der Waals surface area contributed by atoms with E-state index in [1.807, 2.05) is 20.0 Å². The van der Waals surface area contributed by atoms with Crippen molar-refractivity contribution in [3.8, 4) is 0 Å². The van der Waals surface area contributed by atoms with E-state index in [0.717, 1.165) is 29.6 Å². The number of hydrogen-bond acceptors (Lipinski definition) is 4. The molecule has 0 atom stereocenters. The van der Waals surface area contributed by atoms with Gasteiger partial charge >= 0.3 is 0 Å². The molecule has 94 valence electrons. The SMILES string of the molecule is Cc1nn(C)c2ncc(NC(=O)C3(N)CC3)cc12. The Morgan fingerprint density at radius 2 is 2.28 bits per heavy atom. The summed E-state index contributed by atoms with van der Waals surface area (Å²) in [5, 5.41) is 8.04. The summed E-state index contributed by atoms with van der Waals surface area (Å²) < 4.78 is 1.72. The zero-order valence-electron chi connectivity index (χ0n) is 10.4. The first-order valence-electron chi connectivity index (χ1n) is 5.89. The minimum absolute atomic E-state index is 0.134. The Morgan fingerprint density at radius 1 is 1.56 bits per heavy atom. The van der Waals surface area contributed by atoms with E-state index in [-0.39, 0.29) is 5.91 Å². The fourth-order valence-corrected chi connectivity index (χ4v) is 1.99. The van der Waals surface area contributed by atoms with Gasteiger partial charge in [0.1, 0.15) is 0 Å². The van der Waals surface area contributed by atoms with Crippen molar-refractivity contribution in [1.82, 2.24) is 14.8 Å². The van der Waals surface area contributed by atoms with E-state index in [0.29, 0.717) is 5.69 Å². The second-order valence-electron chi connectivity index (χ2n) is 4.91. The molecule has 0 spiro atoms. The number of anilines is 1. The summed E-state index contributed by atoms with van der Waals surface area (Å²) in [5.74, 6) is -0.134. The van der Waals surface area contributed by atoms with E-state index >= 15 is 0 Å². The van der Waals surface area contributed by atoms with Gasteiger partial charge in [-0.05, 0) is 25.8 Å². The van der Waals surface area contributed by atoms with Gasteiger partial charge in [0.15, 0.2) is 5.65 Å². The molecule has 0 radical (unpaired) electrons. The molecule has 0 aromatic carbocycles. The first-order valence-corrected chi connectivity index (χ1v) is 5.89. The quantitative estimate of drug-likeness (QED) is 0.815. The average molecular weight is 245 g/mol. The largest absolute Gasteiger partial charge is 0.323 e. The highest BCUT2D eigenvalue weighted by atomic mass is 16.2. The van der Waals surface area contributed by atoms with Gasteiger partial charge in [-0.3, -0.25) is 9.48 Å². The number of nitrogens with zero attached hydrogens (tertiary/aromatic N) is 3. The summed E-state index contributed by atoms with van der Waals surface area (Å²) in [6.07, 6.45) is 3.13. The molecular formula is C12H15N5O. The van der Waals surface area contributed by atoms with Gasteiger partial charge in [-0.25, -0.2) is 4.98 Å². The Bertz CT molecular complexity index is 641. The van der Waals surface area contributed by atoms with Gasteiger partial charge in [0.2, 0.25) is 5.91 Å². The molecule has 18 heavy (non-hydrogen) atoms. The zero-order valence-corrected chi connectivity index (χ0v) is 10.4. The zero-order chi connectivity index (χ0) is 12.9. The van der Waals surface area contributed by atoms with Crippen LogP contribution in [0.15, 0.2) is 12.3 Å². The minimum atomic E-state index is -0.668. The standard InChI is InChI=1S/C12H15N5O/c1-7-9-5-8(6-14-10(9)17(2)16-7)15-11(18)12(13)3-4-12/h5-6H,3-4,13H2,1-2H3,(H,15,18). The van der Waals surface area contributed by atoms with Crippen LogP contribution in [-0.2, 0) is 11.8 Å². The van der Waals surface area contributed by atoms with Gasteiger partial charge in [-0.1, -0.05) is 0 Å². The number of amides is 1. The maximum absolute atomic E-state index is 11.8. The molecule has 1 saturated carbocycles. The van der Waals surface area contributed by atoms with Crippen LogP contribution in [0.4, 0.5) is 5.69 Å². The topological polar surface area (TPSA) is 85.8 Å². The first-order chi connectivity index (χ1) is 8.49. The lowest BCUT2D eigenvalue weighted by Crippen LogP contribution is -2.37. The lowest BCUT2D eigenvalue weighted by Gasteiger charge is -2.09. The van der Waals surface area contributed by atoms with Crippen LogP contribution in [-0.4, -0.2) is 26.2 Å². The molecule has 1 fully saturated rings. The van der Waals surface area contributed by atoms with Crippen LogP contribution in [0.25, 0.3) is 11.0 Å².